The highest BCUT2D eigenvalue weighted by Gasteiger charge is 2.09. The third kappa shape index (κ3) is 3.39. The number of aromatic nitrogens is 1. The van der Waals surface area contributed by atoms with E-state index in [-0.39, 0.29) is 5.56 Å². The highest BCUT2D eigenvalue weighted by molar-refractivity contribution is 6.30. The number of nitriles is 1. The topological polar surface area (TPSA) is 71.3 Å². The fourth-order valence-electron chi connectivity index (χ4n) is 2.49. The molecule has 3 aromatic rings. The summed E-state index contributed by atoms with van der Waals surface area (Å²) in [5.41, 5.74) is 1.76. The van der Waals surface area contributed by atoms with Crippen molar-refractivity contribution in [2.45, 2.75) is 13.8 Å². The molecular formula is C19H14ClN3O2. The Labute approximate surface area is 149 Å². The van der Waals surface area contributed by atoms with Crippen molar-refractivity contribution in [2.24, 2.45) is 5.10 Å². The molecule has 3 rings (SSSR count). The van der Waals surface area contributed by atoms with Crippen LogP contribution >= 0.6 is 11.6 Å². The fraction of sp³-hybridized carbons (Fsp3) is 0.105. The van der Waals surface area contributed by atoms with Crippen LogP contribution in [0.2, 0.25) is 5.02 Å². The molecule has 0 atom stereocenters. The van der Waals surface area contributed by atoms with Gasteiger partial charge in [0.25, 0.3) is 5.56 Å². The van der Waals surface area contributed by atoms with E-state index in [1.807, 2.05) is 18.2 Å². The molecule has 25 heavy (non-hydrogen) atoms. The molecule has 0 saturated heterocycles. The first kappa shape index (κ1) is 16.7. The molecule has 124 valence electrons. The summed E-state index contributed by atoms with van der Waals surface area (Å²) in [6.45, 7) is 3.48. The Balaban J connectivity index is 1.94. The Morgan fingerprint density at radius 1 is 1.24 bits per heavy atom. The molecule has 0 radical (unpaired) electrons. The first-order chi connectivity index (χ1) is 12.0. The zero-order chi connectivity index (χ0) is 18.0. The zero-order valence-electron chi connectivity index (χ0n) is 13.7. The van der Waals surface area contributed by atoms with E-state index < -0.39 is 5.56 Å². The summed E-state index contributed by atoms with van der Waals surface area (Å²) in [4.78, 5) is 12.3. The Morgan fingerprint density at radius 3 is 2.76 bits per heavy atom. The van der Waals surface area contributed by atoms with Crippen LogP contribution in [0.3, 0.4) is 0 Å². The lowest BCUT2D eigenvalue weighted by Crippen LogP contribution is -2.22. The molecule has 0 aliphatic heterocycles. The van der Waals surface area contributed by atoms with Gasteiger partial charge in [0.1, 0.15) is 23.2 Å². The Kier molecular flexibility index (Phi) is 4.55. The quantitative estimate of drug-likeness (QED) is 0.666. The highest BCUT2D eigenvalue weighted by Crippen LogP contribution is 2.24. The van der Waals surface area contributed by atoms with E-state index in [1.165, 1.54) is 10.9 Å². The number of hydrogen-bond donors (Lipinski definition) is 0. The van der Waals surface area contributed by atoms with Gasteiger partial charge in [-0.15, -0.1) is 0 Å². The highest BCUT2D eigenvalue weighted by atomic mass is 35.5. The normalized spacial score (nSPS) is 11.0. The van der Waals surface area contributed by atoms with Crippen LogP contribution in [0.5, 0.6) is 0 Å². The van der Waals surface area contributed by atoms with Crippen molar-refractivity contribution in [3.63, 3.8) is 0 Å². The van der Waals surface area contributed by atoms with Gasteiger partial charge in [-0.25, -0.2) is 4.68 Å². The third-order valence-corrected chi connectivity index (χ3v) is 3.94. The predicted molar refractivity (Wildman–Crippen MR) is 97.0 cm³/mol. The number of hydrogen-bond acceptors (Lipinski definition) is 4. The molecular weight excluding hydrogens is 338 g/mol. The van der Waals surface area contributed by atoms with Gasteiger partial charge in [-0.3, -0.25) is 4.79 Å². The molecule has 0 N–H and O–H groups in total. The monoisotopic (exact) mass is 351 g/mol. The largest absolute Gasteiger partial charge is 0.455 e. The second kappa shape index (κ2) is 6.80. The Morgan fingerprint density at radius 2 is 2.04 bits per heavy atom. The number of benzene rings is 1. The van der Waals surface area contributed by atoms with Crippen LogP contribution in [-0.2, 0) is 0 Å². The van der Waals surface area contributed by atoms with Crippen LogP contribution in [0.25, 0.3) is 11.3 Å². The SMILES string of the molecule is Cc1cc(C)n(N=Cc2ccc(-c3cccc(Cl)c3)o2)c(=O)c1C#N. The first-order valence-corrected chi connectivity index (χ1v) is 7.91. The van der Waals surface area contributed by atoms with Gasteiger partial charge in [-0.05, 0) is 49.7 Å². The van der Waals surface area contributed by atoms with Crippen molar-refractivity contribution in [2.75, 3.05) is 0 Å². The Bertz CT molecular complexity index is 1070. The number of furan rings is 1. The molecule has 0 bridgehead atoms. The van der Waals surface area contributed by atoms with Gasteiger partial charge in [0, 0.05) is 16.3 Å². The van der Waals surface area contributed by atoms with E-state index >= 15 is 0 Å². The first-order valence-electron chi connectivity index (χ1n) is 7.53. The fourth-order valence-corrected chi connectivity index (χ4v) is 2.68. The molecule has 2 aromatic heterocycles. The Hall–Kier alpha value is -3.10. The van der Waals surface area contributed by atoms with Crippen LogP contribution in [-0.4, -0.2) is 10.9 Å². The maximum Gasteiger partial charge on any atom is 0.289 e. The molecule has 0 fully saturated rings. The van der Waals surface area contributed by atoms with Gasteiger partial charge in [-0.1, -0.05) is 23.7 Å². The second-order valence-electron chi connectivity index (χ2n) is 5.53. The van der Waals surface area contributed by atoms with Gasteiger partial charge in [-0.2, -0.15) is 10.4 Å². The van der Waals surface area contributed by atoms with Crippen LogP contribution in [0, 0.1) is 25.2 Å². The smallest absolute Gasteiger partial charge is 0.289 e. The van der Waals surface area contributed by atoms with E-state index in [4.69, 9.17) is 21.3 Å². The van der Waals surface area contributed by atoms with Crippen molar-refractivity contribution in [3.05, 3.63) is 80.4 Å². The minimum absolute atomic E-state index is 0.0850. The third-order valence-electron chi connectivity index (χ3n) is 3.71. The predicted octanol–water partition coefficient (Wildman–Crippen LogP) is 4.13. The van der Waals surface area contributed by atoms with Gasteiger partial charge in [0.05, 0.1) is 6.21 Å². The van der Waals surface area contributed by atoms with E-state index in [0.29, 0.717) is 27.8 Å². The van der Waals surface area contributed by atoms with Crippen molar-refractivity contribution >= 4 is 17.8 Å². The lowest BCUT2D eigenvalue weighted by atomic mass is 10.1. The molecule has 1 aromatic carbocycles. The second-order valence-corrected chi connectivity index (χ2v) is 5.97. The number of aryl methyl sites for hydroxylation is 2. The molecule has 0 aliphatic rings. The summed E-state index contributed by atoms with van der Waals surface area (Å²) in [6, 6.07) is 14.5. The van der Waals surface area contributed by atoms with Crippen LogP contribution in [0.1, 0.15) is 22.6 Å². The summed E-state index contributed by atoms with van der Waals surface area (Å²) in [5.74, 6) is 1.13. The zero-order valence-corrected chi connectivity index (χ0v) is 14.4. The summed E-state index contributed by atoms with van der Waals surface area (Å²) in [7, 11) is 0. The van der Waals surface area contributed by atoms with Crippen molar-refractivity contribution < 1.29 is 4.42 Å². The molecule has 5 nitrogen and oxygen atoms in total. The van der Waals surface area contributed by atoms with Gasteiger partial charge in [0.2, 0.25) is 0 Å². The van der Waals surface area contributed by atoms with E-state index in [1.54, 1.807) is 44.2 Å². The summed E-state index contributed by atoms with van der Waals surface area (Å²) in [5, 5.41) is 13.9. The molecule has 0 unspecified atom stereocenters. The molecule has 2 heterocycles. The van der Waals surface area contributed by atoms with E-state index in [0.717, 1.165) is 5.56 Å². The number of pyridine rings is 1. The number of nitrogens with zero attached hydrogens (tertiary/aromatic N) is 3. The summed E-state index contributed by atoms with van der Waals surface area (Å²) < 4.78 is 6.91. The molecule has 0 aliphatic carbocycles. The van der Waals surface area contributed by atoms with E-state index in [2.05, 4.69) is 5.10 Å². The molecule has 6 heteroatoms. The van der Waals surface area contributed by atoms with Gasteiger partial charge in [0.15, 0.2) is 0 Å². The van der Waals surface area contributed by atoms with Gasteiger partial charge < -0.3 is 4.42 Å². The molecule has 0 spiro atoms. The summed E-state index contributed by atoms with van der Waals surface area (Å²) >= 11 is 5.99. The average molecular weight is 352 g/mol. The minimum Gasteiger partial charge on any atom is -0.455 e. The standard InChI is InChI=1S/C19H14ClN3O2/c1-12-8-13(2)23(19(24)17(12)10-21)22-11-16-6-7-18(25-16)14-4-3-5-15(20)9-14/h3-9,11H,1-2H3. The number of rotatable bonds is 3. The lowest BCUT2D eigenvalue weighted by molar-refractivity contribution is 0.574. The van der Waals surface area contributed by atoms with Crippen LogP contribution in [0.15, 0.2) is 56.8 Å². The van der Waals surface area contributed by atoms with E-state index in [9.17, 15) is 4.79 Å². The van der Waals surface area contributed by atoms with Crippen LogP contribution < -0.4 is 5.56 Å². The van der Waals surface area contributed by atoms with Crippen LogP contribution in [0.4, 0.5) is 0 Å². The maximum atomic E-state index is 12.3. The average Bonchev–Trinajstić information content (AvgIpc) is 3.04. The van der Waals surface area contributed by atoms with Gasteiger partial charge >= 0.3 is 0 Å². The van der Waals surface area contributed by atoms with Crippen molar-refractivity contribution in [1.82, 2.24) is 4.68 Å². The number of halogens is 1. The van der Waals surface area contributed by atoms with Crippen molar-refractivity contribution in [1.29, 1.82) is 5.26 Å². The lowest BCUT2D eigenvalue weighted by Gasteiger charge is -2.05. The maximum absolute atomic E-state index is 12.3. The molecule has 0 amide bonds. The summed E-state index contributed by atoms with van der Waals surface area (Å²) in [6.07, 6.45) is 1.44. The van der Waals surface area contributed by atoms with Crippen molar-refractivity contribution in [3.8, 4) is 17.4 Å². The molecule has 0 saturated carbocycles. The minimum atomic E-state index is -0.446.